The van der Waals surface area contributed by atoms with Gasteiger partial charge in [-0.15, -0.1) is 0 Å². The topological polar surface area (TPSA) is 73.8 Å². The van der Waals surface area contributed by atoms with E-state index in [-0.39, 0.29) is 11.5 Å². The largest absolute Gasteiger partial charge is 0.378 e. The number of halogens is 1. The second kappa shape index (κ2) is 10.9. The lowest BCUT2D eigenvalue weighted by atomic mass is 10.1. The molecule has 6 nitrogen and oxygen atoms in total. The normalized spacial score (nSPS) is 11.6. The fourth-order valence-corrected chi connectivity index (χ4v) is 2.93. The quantitative estimate of drug-likeness (QED) is 0.326. The van der Waals surface area contributed by atoms with Crippen molar-refractivity contribution in [3.05, 3.63) is 107 Å². The summed E-state index contributed by atoms with van der Waals surface area (Å²) < 4.78 is 13.1. The van der Waals surface area contributed by atoms with Crippen LogP contribution in [0.4, 0.5) is 10.1 Å². The smallest absolute Gasteiger partial charge is 0.287 e. The van der Waals surface area contributed by atoms with Gasteiger partial charge in [0.1, 0.15) is 11.5 Å². The van der Waals surface area contributed by atoms with Crippen molar-refractivity contribution in [2.75, 3.05) is 19.0 Å². The van der Waals surface area contributed by atoms with E-state index in [4.69, 9.17) is 0 Å². The molecule has 0 heterocycles. The first-order chi connectivity index (χ1) is 15.8. The number of hydrazone groups is 1. The number of amides is 2. The molecule has 0 bridgehead atoms. The van der Waals surface area contributed by atoms with Crippen LogP contribution in [0.25, 0.3) is 6.08 Å². The van der Waals surface area contributed by atoms with Crippen molar-refractivity contribution in [1.29, 1.82) is 0 Å². The molecule has 168 valence electrons. The summed E-state index contributed by atoms with van der Waals surface area (Å²) in [6, 6.07) is 21.9. The average molecular weight is 445 g/mol. The molecular formula is C26H25FN4O2. The molecule has 7 heteroatoms. The van der Waals surface area contributed by atoms with E-state index in [1.54, 1.807) is 55.5 Å². The number of hydrogen-bond donors (Lipinski definition) is 2. The average Bonchev–Trinajstić information content (AvgIpc) is 2.83. The van der Waals surface area contributed by atoms with E-state index >= 15 is 0 Å². The van der Waals surface area contributed by atoms with Crippen LogP contribution in [0.3, 0.4) is 0 Å². The zero-order valence-electron chi connectivity index (χ0n) is 18.7. The van der Waals surface area contributed by atoms with Crippen LogP contribution in [0, 0.1) is 5.82 Å². The molecule has 0 aliphatic rings. The van der Waals surface area contributed by atoms with Gasteiger partial charge in [-0.05, 0) is 60.5 Å². The Kier molecular flexibility index (Phi) is 7.70. The van der Waals surface area contributed by atoms with Crippen LogP contribution >= 0.6 is 0 Å². The van der Waals surface area contributed by atoms with Gasteiger partial charge >= 0.3 is 0 Å². The third-order valence-corrected chi connectivity index (χ3v) is 4.84. The Bertz CT molecular complexity index is 1170. The maximum atomic E-state index is 13.1. The molecule has 0 unspecified atom stereocenters. The summed E-state index contributed by atoms with van der Waals surface area (Å²) in [5.74, 6) is -1.36. The first-order valence-electron chi connectivity index (χ1n) is 10.3. The van der Waals surface area contributed by atoms with Crippen molar-refractivity contribution in [1.82, 2.24) is 10.7 Å². The highest BCUT2D eigenvalue weighted by atomic mass is 19.1. The molecule has 0 aliphatic heterocycles. The Hall–Kier alpha value is -4.26. The van der Waals surface area contributed by atoms with E-state index < -0.39 is 11.8 Å². The Morgan fingerprint density at radius 3 is 2.12 bits per heavy atom. The van der Waals surface area contributed by atoms with Gasteiger partial charge in [0.25, 0.3) is 11.8 Å². The SMILES string of the molecule is CC(=NNC(=O)C(=Cc1ccc(N(C)C)cc1)NC(=O)c1ccccc1)c1ccc(F)cc1. The Labute approximate surface area is 192 Å². The van der Waals surface area contributed by atoms with E-state index in [9.17, 15) is 14.0 Å². The molecule has 0 aromatic heterocycles. The maximum absolute atomic E-state index is 13.1. The molecule has 2 amide bonds. The standard InChI is InChI=1S/C26H25FN4O2/c1-18(20-11-13-22(27)14-12-20)29-30-26(33)24(28-25(32)21-7-5-4-6-8-21)17-19-9-15-23(16-10-19)31(2)3/h4-17H,1-3H3,(H,28,32)(H,30,33). The van der Waals surface area contributed by atoms with Crippen molar-refractivity contribution in [3.63, 3.8) is 0 Å². The molecule has 0 radical (unpaired) electrons. The summed E-state index contributed by atoms with van der Waals surface area (Å²) in [7, 11) is 3.87. The fourth-order valence-electron chi connectivity index (χ4n) is 2.93. The molecule has 2 N–H and O–H groups in total. The van der Waals surface area contributed by atoms with Gasteiger partial charge in [0.15, 0.2) is 0 Å². The maximum Gasteiger partial charge on any atom is 0.287 e. The first-order valence-corrected chi connectivity index (χ1v) is 10.3. The van der Waals surface area contributed by atoms with Crippen molar-refractivity contribution >= 4 is 29.3 Å². The van der Waals surface area contributed by atoms with Gasteiger partial charge in [-0.3, -0.25) is 9.59 Å². The van der Waals surface area contributed by atoms with Crippen molar-refractivity contribution < 1.29 is 14.0 Å². The van der Waals surface area contributed by atoms with Gasteiger partial charge in [0.05, 0.1) is 5.71 Å². The number of carbonyl (C=O) groups is 2. The molecule has 0 atom stereocenters. The van der Waals surface area contributed by atoms with E-state index in [1.807, 2.05) is 43.3 Å². The predicted molar refractivity (Wildman–Crippen MR) is 129 cm³/mol. The van der Waals surface area contributed by atoms with Crippen LogP contribution in [0.5, 0.6) is 0 Å². The van der Waals surface area contributed by atoms with Crippen molar-refractivity contribution in [2.45, 2.75) is 6.92 Å². The number of carbonyl (C=O) groups excluding carboxylic acids is 2. The zero-order valence-corrected chi connectivity index (χ0v) is 18.7. The fraction of sp³-hybridized carbons (Fsp3) is 0.115. The third kappa shape index (κ3) is 6.61. The van der Waals surface area contributed by atoms with Gasteiger partial charge < -0.3 is 10.2 Å². The van der Waals surface area contributed by atoms with E-state index in [0.29, 0.717) is 16.8 Å². The third-order valence-electron chi connectivity index (χ3n) is 4.84. The molecule has 3 rings (SSSR count). The minimum Gasteiger partial charge on any atom is -0.378 e. The molecule has 3 aromatic rings. The monoisotopic (exact) mass is 444 g/mol. The van der Waals surface area contributed by atoms with Crippen LogP contribution in [0.1, 0.15) is 28.4 Å². The van der Waals surface area contributed by atoms with Gasteiger partial charge in [-0.2, -0.15) is 5.10 Å². The van der Waals surface area contributed by atoms with E-state index in [1.165, 1.54) is 12.1 Å². The van der Waals surface area contributed by atoms with Gasteiger partial charge in [0.2, 0.25) is 0 Å². The lowest BCUT2D eigenvalue weighted by Gasteiger charge is -2.13. The number of rotatable bonds is 7. The lowest BCUT2D eigenvalue weighted by Crippen LogP contribution is -2.33. The summed E-state index contributed by atoms with van der Waals surface area (Å²) in [5.41, 5.74) is 5.82. The van der Waals surface area contributed by atoms with Crippen LogP contribution in [0.15, 0.2) is 89.7 Å². The number of nitrogens with zero attached hydrogens (tertiary/aromatic N) is 2. The van der Waals surface area contributed by atoms with E-state index in [2.05, 4.69) is 15.8 Å². The molecule has 0 saturated heterocycles. The summed E-state index contributed by atoms with van der Waals surface area (Å²) in [6.45, 7) is 1.69. The van der Waals surface area contributed by atoms with Crippen LogP contribution in [-0.2, 0) is 4.79 Å². The predicted octanol–water partition coefficient (Wildman–Crippen LogP) is 4.20. The number of benzene rings is 3. The Balaban J connectivity index is 1.84. The second-order valence-corrected chi connectivity index (χ2v) is 7.51. The second-order valence-electron chi connectivity index (χ2n) is 7.51. The molecule has 0 spiro atoms. The highest BCUT2D eigenvalue weighted by Crippen LogP contribution is 2.15. The van der Waals surface area contributed by atoms with Gasteiger partial charge in [-0.25, -0.2) is 9.82 Å². The van der Waals surface area contributed by atoms with Crippen molar-refractivity contribution in [3.8, 4) is 0 Å². The molecule has 0 saturated carbocycles. The molecule has 3 aromatic carbocycles. The van der Waals surface area contributed by atoms with Crippen LogP contribution < -0.4 is 15.6 Å². The zero-order chi connectivity index (χ0) is 23.8. The summed E-state index contributed by atoms with van der Waals surface area (Å²) in [6.07, 6.45) is 1.58. The summed E-state index contributed by atoms with van der Waals surface area (Å²) in [5, 5.41) is 6.77. The van der Waals surface area contributed by atoms with Gasteiger partial charge in [-0.1, -0.05) is 42.5 Å². The number of nitrogens with one attached hydrogen (secondary N) is 2. The minimum absolute atomic E-state index is 0.0390. The Morgan fingerprint density at radius 1 is 0.879 bits per heavy atom. The van der Waals surface area contributed by atoms with Crippen molar-refractivity contribution in [2.24, 2.45) is 5.10 Å². The first kappa shape index (κ1) is 23.4. The molecule has 33 heavy (non-hydrogen) atoms. The van der Waals surface area contributed by atoms with Crippen LogP contribution in [-0.4, -0.2) is 31.6 Å². The summed E-state index contributed by atoms with van der Waals surface area (Å²) in [4.78, 5) is 27.5. The Morgan fingerprint density at radius 2 is 1.52 bits per heavy atom. The van der Waals surface area contributed by atoms with Crippen LogP contribution in [0.2, 0.25) is 0 Å². The minimum atomic E-state index is -0.586. The molecule has 0 fully saturated rings. The molecular weight excluding hydrogens is 419 g/mol. The highest BCUT2D eigenvalue weighted by Gasteiger charge is 2.15. The highest BCUT2D eigenvalue weighted by molar-refractivity contribution is 6.06. The number of anilines is 1. The molecule has 0 aliphatic carbocycles. The number of hydrogen-bond acceptors (Lipinski definition) is 4. The summed E-state index contributed by atoms with van der Waals surface area (Å²) >= 11 is 0. The van der Waals surface area contributed by atoms with E-state index in [0.717, 1.165) is 11.3 Å². The van der Waals surface area contributed by atoms with Gasteiger partial charge in [0, 0.05) is 25.3 Å². The lowest BCUT2D eigenvalue weighted by molar-refractivity contribution is -0.117.